The van der Waals surface area contributed by atoms with Crippen molar-refractivity contribution in [1.82, 2.24) is 5.32 Å². The first kappa shape index (κ1) is 12.8. The number of nitrogens with one attached hydrogen (secondary N) is 1. The lowest BCUT2D eigenvalue weighted by Gasteiger charge is -1.98. The Morgan fingerprint density at radius 2 is 2.12 bits per heavy atom. The molecular formula is C12H9F2NO2. The quantitative estimate of drug-likeness (QED) is 0.621. The molecule has 1 rings (SSSR count). The van der Waals surface area contributed by atoms with Gasteiger partial charge in [-0.3, -0.25) is 9.59 Å². The standard InChI is InChI=1S/C12H9F2NO2/c1-8(17)15-4-2-3-9-5-12(14)10(7-16)6-11(9)13/h5-7H,4H2,1H3,(H,15,17). The minimum atomic E-state index is -0.828. The predicted molar refractivity (Wildman–Crippen MR) is 57.3 cm³/mol. The largest absolute Gasteiger partial charge is 0.345 e. The molecule has 0 aliphatic rings. The van der Waals surface area contributed by atoms with E-state index in [1.165, 1.54) is 6.92 Å². The summed E-state index contributed by atoms with van der Waals surface area (Å²) in [6.45, 7) is 1.37. The zero-order valence-corrected chi connectivity index (χ0v) is 9.01. The zero-order chi connectivity index (χ0) is 12.8. The summed E-state index contributed by atoms with van der Waals surface area (Å²) >= 11 is 0. The van der Waals surface area contributed by atoms with E-state index in [9.17, 15) is 18.4 Å². The molecule has 17 heavy (non-hydrogen) atoms. The van der Waals surface area contributed by atoms with Crippen molar-refractivity contribution in [2.24, 2.45) is 0 Å². The molecule has 0 saturated carbocycles. The first-order valence-corrected chi connectivity index (χ1v) is 4.72. The first-order valence-electron chi connectivity index (χ1n) is 4.72. The van der Waals surface area contributed by atoms with Crippen molar-refractivity contribution in [3.63, 3.8) is 0 Å². The fourth-order valence-electron chi connectivity index (χ4n) is 1.06. The van der Waals surface area contributed by atoms with E-state index >= 15 is 0 Å². The van der Waals surface area contributed by atoms with Gasteiger partial charge in [0.05, 0.1) is 17.7 Å². The fraction of sp³-hybridized carbons (Fsp3) is 0.167. The summed E-state index contributed by atoms with van der Waals surface area (Å²) in [7, 11) is 0. The van der Waals surface area contributed by atoms with Gasteiger partial charge in [0.2, 0.25) is 5.91 Å². The van der Waals surface area contributed by atoms with E-state index < -0.39 is 11.6 Å². The SMILES string of the molecule is CC(=O)NCC#Cc1cc(F)c(C=O)cc1F. The van der Waals surface area contributed by atoms with Crippen LogP contribution in [0.2, 0.25) is 0 Å². The molecule has 1 aromatic rings. The van der Waals surface area contributed by atoms with Gasteiger partial charge in [-0.15, -0.1) is 0 Å². The highest BCUT2D eigenvalue weighted by atomic mass is 19.1. The Balaban J connectivity index is 2.88. The van der Waals surface area contributed by atoms with Crippen molar-refractivity contribution >= 4 is 12.2 Å². The lowest BCUT2D eigenvalue weighted by atomic mass is 10.1. The molecule has 1 N–H and O–H groups in total. The molecule has 0 saturated heterocycles. The number of rotatable bonds is 2. The molecule has 0 fully saturated rings. The van der Waals surface area contributed by atoms with Gasteiger partial charge in [0, 0.05) is 6.92 Å². The Hall–Kier alpha value is -2.22. The second-order valence-corrected chi connectivity index (χ2v) is 3.18. The van der Waals surface area contributed by atoms with Crippen LogP contribution in [0.3, 0.4) is 0 Å². The molecule has 1 aromatic carbocycles. The molecule has 0 aliphatic carbocycles. The van der Waals surface area contributed by atoms with E-state index in [0.717, 1.165) is 12.1 Å². The van der Waals surface area contributed by atoms with Gasteiger partial charge in [-0.2, -0.15) is 0 Å². The third kappa shape index (κ3) is 3.68. The molecule has 5 heteroatoms. The van der Waals surface area contributed by atoms with Gasteiger partial charge in [0.1, 0.15) is 11.6 Å². The molecule has 0 bridgehead atoms. The van der Waals surface area contributed by atoms with Crippen LogP contribution in [0.15, 0.2) is 12.1 Å². The molecule has 1 amide bonds. The van der Waals surface area contributed by atoms with E-state index in [4.69, 9.17) is 0 Å². The number of carbonyl (C=O) groups is 2. The van der Waals surface area contributed by atoms with Crippen molar-refractivity contribution in [3.05, 3.63) is 34.9 Å². The van der Waals surface area contributed by atoms with Crippen LogP contribution in [-0.2, 0) is 4.79 Å². The highest BCUT2D eigenvalue weighted by Crippen LogP contribution is 2.12. The summed E-state index contributed by atoms with van der Waals surface area (Å²) < 4.78 is 26.4. The number of hydrogen-bond acceptors (Lipinski definition) is 2. The molecule has 0 heterocycles. The molecule has 0 aromatic heterocycles. The first-order chi connectivity index (χ1) is 8.04. The molecule has 88 valence electrons. The van der Waals surface area contributed by atoms with Crippen molar-refractivity contribution in [2.45, 2.75) is 6.92 Å². The third-order valence-corrected chi connectivity index (χ3v) is 1.86. The average Bonchev–Trinajstić information content (AvgIpc) is 2.28. The second-order valence-electron chi connectivity index (χ2n) is 3.18. The third-order valence-electron chi connectivity index (χ3n) is 1.86. The number of benzene rings is 1. The summed E-state index contributed by atoms with van der Waals surface area (Å²) in [6, 6.07) is 1.63. The van der Waals surface area contributed by atoms with E-state index in [-0.39, 0.29) is 29.9 Å². The Labute approximate surface area is 96.8 Å². The van der Waals surface area contributed by atoms with Crippen LogP contribution in [0.4, 0.5) is 8.78 Å². The van der Waals surface area contributed by atoms with Gasteiger partial charge in [0.15, 0.2) is 6.29 Å². The molecule has 0 aliphatic heterocycles. The second kappa shape index (κ2) is 5.75. The number of aldehydes is 1. The van der Waals surface area contributed by atoms with Crippen molar-refractivity contribution < 1.29 is 18.4 Å². The Morgan fingerprint density at radius 1 is 1.41 bits per heavy atom. The van der Waals surface area contributed by atoms with Gasteiger partial charge in [-0.25, -0.2) is 8.78 Å². The predicted octanol–water partition coefficient (Wildman–Crippen LogP) is 1.26. The Bertz CT molecular complexity index is 515. The lowest BCUT2D eigenvalue weighted by Crippen LogP contribution is -2.19. The van der Waals surface area contributed by atoms with Crippen molar-refractivity contribution in [2.75, 3.05) is 6.54 Å². The normalized spacial score (nSPS) is 9.12. The maximum Gasteiger partial charge on any atom is 0.217 e. The number of halogens is 2. The van der Waals surface area contributed by atoms with Crippen molar-refractivity contribution in [3.8, 4) is 11.8 Å². The summed E-state index contributed by atoms with van der Waals surface area (Å²) in [5.74, 6) is 2.96. The van der Waals surface area contributed by atoms with Crippen LogP contribution >= 0.6 is 0 Å². The molecule has 0 atom stereocenters. The van der Waals surface area contributed by atoms with E-state index in [1.807, 2.05) is 0 Å². The minimum absolute atomic E-state index is 0.0474. The monoisotopic (exact) mass is 237 g/mol. The Kier molecular flexibility index (Phi) is 4.35. The van der Waals surface area contributed by atoms with Crippen LogP contribution in [0.25, 0.3) is 0 Å². The van der Waals surface area contributed by atoms with Crippen LogP contribution in [0.5, 0.6) is 0 Å². The Morgan fingerprint density at radius 3 is 2.71 bits per heavy atom. The average molecular weight is 237 g/mol. The van der Waals surface area contributed by atoms with Gasteiger partial charge >= 0.3 is 0 Å². The van der Waals surface area contributed by atoms with Gasteiger partial charge in [-0.05, 0) is 12.1 Å². The molecule has 0 radical (unpaired) electrons. The molecule has 3 nitrogen and oxygen atoms in total. The van der Waals surface area contributed by atoms with E-state index in [0.29, 0.717) is 0 Å². The highest BCUT2D eigenvalue weighted by molar-refractivity contribution is 5.75. The van der Waals surface area contributed by atoms with Gasteiger partial charge < -0.3 is 5.32 Å². The van der Waals surface area contributed by atoms with Gasteiger partial charge in [0.25, 0.3) is 0 Å². The fourth-order valence-corrected chi connectivity index (χ4v) is 1.06. The van der Waals surface area contributed by atoms with Crippen LogP contribution in [-0.4, -0.2) is 18.7 Å². The minimum Gasteiger partial charge on any atom is -0.345 e. The van der Waals surface area contributed by atoms with E-state index in [2.05, 4.69) is 17.2 Å². The highest BCUT2D eigenvalue weighted by Gasteiger charge is 2.07. The smallest absolute Gasteiger partial charge is 0.217 e. The van der Waals surface area contributed by atoms with Crippen LogP contribution < -0.4 is 5.32 Å². The molecule has 0 spiro atoms. The maximum atomic E-state index is 13.3. The van der Waals surface area contributed by atoms with E-state index in [1.54, 1.807) is 0 Å². The van der Waals surface area contributed by atoms with Crippen molar-refractivity contribution in [1.29, 1.82) is 0 Å². The summed E-state index contributed by atoms with van der Waals surface area (Å²) in [5, 5.41) is 2.39. The number of amides is 1. The summed E-state index contributed by atoms with van der Waals surface area (Å²) in [4.78, 5) is 20.8. The van der Waals surface area contributed by atoms with Crippen LogP contribution in [0.1, 0.15) is 22.8 Å². The summed E-state index contributed by atoms with van der Waals surface area (Å²) in [5.41, 5.74) is -0.506. The van der Waals surface area contributed by atoms with Crippen LogP contribution in [0, 0.1) is 23.5 Å². The summed E-state index contributed by atoms with van der Waals surface area (Å²) in [6.07, 6.45) is 0.229. The zero-order valence-electron chi connectivity index (χ0n) is 9.01. The molecular weight excluding hydrogens is 228 g/mol. The lowest BCUT2D eigenvalue weighted by molar-refractivity contribution is -0.118. The number of hydrogen-bond donors (Lipinski definition) is 1. The number of carbonyl (C=O) groups excluding carboxylic acids is 2. The maximum absolute atomic E-state index is 13.3. The van der Waals surface area contributed by atoms with Gasteiger partial charge in [-0.1, -0.05) is 11.8 Å². The molecule has 0 unspecified atom stereocenters. The topological polar surface area (TPSA) is 46.2 Å².